The molecule has 1 aliphatic carbocycles. The smallest absolute Gasteiger partial charge is 0.435 e. The molecule has 2 heterocycles. The number of amides is 1. The third kappa shape index (κ3) is 4.35. The van der Waals surface area contributed by atoms with Crippen LogP contribution in [0.3, 0.4) is 0 Å². The highest BCUT2D eigenvalue weighted by molar-refractivity contribution is 5.97. The molecule has 0 atom stereocenters. The van der Waals surface area contributed by atoms with Gasteiger partial charge in [0.25, 0.3) is 5.91 Å². The van der Waals surface area contributed by atoms with E-state index in [1.165, 1.54) is 19.4 Å². The van der Waals surface area contributed by atoms with E-state index in [1.807, 2.05) is 0 Å². The third-order valence-electron chi connectivity index (χ3n) is 5.70. The number of rotatable bonds is 6. The summed E-state index contributed by atoms with van der Waals surface area (Å²) in [7, 11) is 1.45. The number of alkyl halides is 3. The van der Waals surface area contributed by atoms with Crippen LogP contribution in [0.1, 0.15) is 41.7 Å². The van der Waals surface area contributed by atoms with Crippen molar-refractivity contribution in [2.75, 3.05) is 13.7 Å². The highest BCUT2D eigenvalue weighted by Gasteiger charge is 2.34. The molecule has 7 nitrogen and oxygen atoms in total. The molecule has 1 aromatic carbocycles. The van der Waals surface area contributed by atoms with E-state index in [4.69, 9.17) is 9.15 Å². The Morgan fingerprint density at radius 1 is 1.28 bits per heavy atom. The fraction of sp³-hybridized carbons (Fsp3) is 0.409. The molecular formula is C22H22F3N3O4. The number of ether oxygens (including phenoxy) is 1. The van der Waals surface area contributed by atoms with Gasteiger partial charge in [0.15, 0.2) is 17.0 Å². The molecule has 1 fully saturated rings. The molecule has 0 spiro atoms. The van der Waals surface area contributed by atoms with Gasteiger partial charge in [-0.3, -0.25) is 9.48 Å². The summed E-state index contributed by atoms with van der Waals surface area (Å²) in [6.45, 7) is 0.198. The fourth-order valence-electron chi connectivity index (χ4n) is 4.10. The Morgan fingerprint density at radius 2 is 2.03 bits per heavy atom. The maximum absolute atomic E-state index is 13.4. The standard InChI is InChI=1S/C22H22F3N3O4/c1-31-17-8-4-5-14-13-16(21(30)32-19(14)17)20(29)28(15-6-2-3-7-15)12-11-27-10-9-18(26-27)22(23,24)25/h4-5,8-10,13,15H,2-3,6-7,11-12H2,1H3. The Hall–Kier alpha value is -3.30. The van der Waals surface area contributed by atoms with Crippen LogP contribution >= 0.6 is 0 Å². The number of fused-ring (bicyclic) bond motifs is 1. The Labute approximate surface area is 181 Å². The molecule has 2 aromatic heterocycles. The summed E-state index contributed by atoms with van der Waals surface area (Å²) in [5, 5.41) is 4.09. The van der Waals surface area contributed by atoms with Gasteiger partial charge in [-0.2, -0.15) is 18.3 Å². The van der Waals surface area contributed by atoms with Crippen LogP contribution in [-0.2, 0) is 12.7 Å². The van der Waals surface area contributed by atoms with E-state index in [9.17, 15) is 22.8 Å². The minimum Gasteiger partial charge on any atom is -0.493 e. The molecule has 0 aliphatic heterocycles. The topological polar surface area (TPSA) is 77.6 Å². The van der Waals surface area contributed by atoms with Crippen LogP contribution in [0.4, 0.5) is 13.2 Å². The lowest BCUT2D eigenvalue weighted by Crippen LogP contribution is -2.42. The number of aromatic nitrogens is 2. The number of nitrogens with zero attached hydrogens (tertiary/aromatic N) is 3. The van der Waals surface area contributed by atoms with Crippen molar-refractivity contribution in [2.45, 2.75) is 44.4 Å². The van der Waals surface area contributed by atoms with Gasteiger partial charge in [0.2, 0.25) is 0 Å². The lowest BCUT2D eigenvalue weighted by molar-refractivity contribution is -0.141. The van der Waals surface area contributed by atoms with Crippen molar-refractivity contribution in [1.82, 2.24) is 14.7 Å². The number of hydrogen-bond donors (Lipinski definition) is 0. The second-order valence-electron chi connectivity index (χ2n) is 7.72. The number of benzene rings is 1. The van der Waals surface area contributed by atoms with Crippen molar-refractivity contribution >= 4 is 16.9 Å². The van der Waals surface area contributed by atoms with Gasteiger partial charge in [0, 0.05) is 24.2 Å². The predicted molar refractivity (Wildman–Crippen MR) is 110 cm³/mol. The summed E-state index contributed by atoms with van der Waals surface area (Å²) in [5.41, 5.74) is -1.64. The first-order chi connectivity index (χ1) is 15.3. The largest absolute Gasteiger partial charge is 0.493 e. The summed E-state index contributed by atoms with van der Waals surface area (Å²) < 4.78 is 50.2. The van der Waals surface area contributed by atoms with Crippen LogP contribution in [0.2, 0.25) is 0 Å². The zero-order chi connectivity index (χ0) is 22.9. The van der Waals surface area contributed by atoms with Crippen molar-refractivity contribution in [3.63, 3.8) is 0 Å². The predicted octanol–water partition coefficient (Wildman–Crippen LogP) is 4.10. The Morgan fingerprint density at radius 3 is 2.69 bits per heavy atom. The Kier molecular flexibility index (Phi) is 5.94. The first-order valence-electron chi connectivity index (χ1n) is 10.3. The van der Waals surface area contributed by atoms with Crippen LogP contribution in [0.25, 0.3) is 11.0 Å². The lowest BCUT2D eigenvalue weighted by Gasteiger charge is -2.29. The van der Waals surface area contributed by atoms with E-state index in [0.29, 0.717) is 11.1 Å². The number of para-hydroxylation sites is 1. The number of hydrogen-bond acceptors (Lipinski definition) is 5. The Balaban J connectivity index is 1.62. The highest BCUT2D eigenvalue weighted by atomic mass is 19.4. The molecule has 1 amide bonds. The molecule has 4 rings (SSSR count). The van der Waals surface area contributed by atoms with E-state index >= 15 is 0 Å². The second-order valence-corrected chi connectivity index (χ2v) is 7.72. The molecule has 1 aliphatic rings. The molecule has 0 N–H and O–H groups in total. The van der Waals surface area contributed by atoms with Gasteiger partial charge >= 0.3 is 11.8 Å². The zero-order valence-corrected chi connectivity index (χ0v) is 17.4. The van der Waals surface area contributed by atoms with Gasteiger partial charge in [0.1, 0.15) is 5.56 Å². The molecule has 0 unspecified atom stereocenters. The second kappa shape index (κ2) is 8.68. The first kappa shape index (κ1) is 21.9. The molecule has 0 radical (unpaired) electrons. The summed E-state index contributed by atoms with van der Waals surface area (Å²) in [6.07, 6.45) is 0.126. The van der Waals surface area contributed by atoms with Crippen molar-refractivity contribution in [1.29, 1.82) is 0 Å². The van der Waals surface area contributed by atoms with Gasteiger partial charge < -0.3 is 14.1 Å². The number of carbonyl (C=O) groups is 1. The SMILES string of the molecule is COc1cccc2cc(C(=O)N(CCn3ccc(C(F)(F)F)n3)C3CCCC3)c(=O)oc12. The lowest BCUT2D eigenvalue weighted by atomic mass is 10.1. The van der Waals surface area contributed by atoms with Crippen molar-refractivity contribution in [2.24, 2.45) is 0 Å². The maximum Gasteiger partial charge on any atom is 0.435 e. The Bertz CT molecular complexity index is 1180. The summed E-state index contributed by atoms with van der Waals surface area (Å²) >= 11 is 0. The molecule has 170 valence electrons. The fourth-order valence-corrected chi connectivity index (χ4v) is 4.10. The molecule has 3 aromatic rings. The van der Waals surface area contributed by atoms with Crippen molar-refractivity contribution < 1.29 is 27.1 Å². The minimum atomic E-state index is -4.53. The van der Waals surface area contributed by atoms with Crippen LogP contribution in [0.15, 0.2) is 45.7 Å². The maximum atomic E-state index is 13.4. The van der Waals surface area contributed by atoms with E-state index in [1.54, 1.807) is 23.1 Å². The van der Waals surface area contributed by atoms with Gasteiger partial charge in [-0.1, -0.05) is 25.0 Å². The summed E-state index contributed by atoms with van der Waals surface area (Å²) in [6, 6.07) is 7.36. The number of halogens is 3. The van der Waals surface area contributed by atoms with Crippen molar-refractivity contribution in [3.8, 4) is 5.75 Å². The normalized spacial score (nSPS) is 14.8. The molecule has 0 bridgehead atoms. The average molecular weight is 449 g/mol. The van der Waals surface area contributed by atoms with Gasteiger partial charge in [0.05, 0.1) is 13.7 Å². The number of carbonyl (C=O) groups excluding carboxylic acids is 1. The first-order valence-corrected chi connectivity index (χ1v) is 10.3. The monoisotopic (exact) mass is 449 g/mol. The van der Waals surface area contributed by atoms with E-state index in [-0.39, 0.29) is 30.3 Å². The molecule has 32 heavy (non-hydrogen) atoms. The number of methoxy groups -OCH3 is 1. The van der Waals surface area contributed by atoms with E-state index < -0.39 is 23.4 Å². The van der Waals surface area contributed by atoms with E-state index in [0.717, 1.165) is 36.4 Å². The quantitative estimate of drug-likeness (QED) is 0.530. The summed E-state index contributed by atoms with van der Waals surface area (Å²) in [4.78, 5) is 27.6. The summed E-state index contributed by atoms with van der Waals surface area (Å²) in [5.74, 6) is -0.121. The minimum absolute atomic E-state index is 0.0745. The van der Waals surface area contributed by atoms with Gasteiger partial charge in [-0.15, -0.1) is 0 Å². The van der Waals surface area contributed by atoms with E-state index in [2.05, 4.69) is 5.10 Å². The van der Waals surface area contributed by atoms with Crippen LogP contribution in [0.5, 0.6) is 5.75 Å². The molecular weight excluding hydrogens is 427 g/mol. The van der Waals surface area contributed by atoms with Crippen LogP contribution in [0, 0.1) is 0 Å². The zero-order valence-electron chi connectivity index (χ0n) is 17.4. The average Bonchev–Trinajstić information content (AvgIpc) is 3.45. The van der Waals surface area contributed by atoms with Crippen molar-refractivity contribution in [3.05, 3.63) is 58.2 Å². The molecule has 1 saturated carbocycles. The van der Waals surface area contributed by atoms with Gasteiger partial charge in [-0.05, 0) is 31.0 Å². The van der Waals surface area contributed by atoms with Gasteiger partial charge in [-0.25, -0.2) is 4.79 Å². The molecule has 0 saturated heterocycles. The van der Waals surface area contributed by atoms with Crippen LogP contribution < -0.4 is 10.4 Å². The van der Waals surface area contributed by atoms with Crippen LogP contribution in [-0.4, -0.2) is 40.3 Å². The molecule has 10 heteroatoms. The third-order valence-corrected chi connectivity index (χ3v) is 5.70. The highest BCUT2D eigenvalue weighted by Crippen LogP contribution is 2.29.